The summed E-state index contributed by atoms with van der Waals surface area (Å²) in [7, 11) is -7.73. The first kappa shape index (κ1) is 90.2. The molecule has 1 aliphatic rings. The second-order valence-corrected chi connectivity index (χ2v) is 49.2. The number of pyridine rings is 8. The van der Waals surface area contributed by atoms with E-state index in [-0.39, 0.29) is 60.3 Å². The summed E-state index contributed by atoms with van der Waals surface area (Å²) < 4.78 is 37.2. The summed E-state index contributed by atoms with van der Waals surface area (Å²) in [6.45, 7) is 30.1. The molecule has 0 spiro atoms. The summed E-state index contributed by atoms with van der Waals surface area (Å²) in [5, 5.41) is 8.36. The molecule has 18 rings (SSSR count). The molecule has 17 aromatic rings. The molecule has 19 heteroatoms. The molecule has 0 amide bonds. The molecule has 603 valence electrons. The fourth-order valence-corrected chi connectivity index (χ4v) is 19.4. The topological polar surface area (TPSA) is 164 Å². The van der Waals surface area contributed by atoms with Gasteiger partial charge in [-0.2, -0.15) is 0 Å². The van der Waals surface area contributed by atoms with Gasteiger partial charge in [0.25, 0.3) is 0 Å². The Labute approximate surface area is 738 Å². The van der Waals surface area contributed by atoms with Gasteiger partial charge in [-0.25, -0.2) is 8.42 Å². The van der Waals surface area contributed by atoms with Gasteiger partial charge in [0, 0.05) is 108 Å². The number of sulfone groups is 1. The minimum atomic E-state index is -3.46. The molecular formula is C99H92Ir3N8O4SSi3-6. The van der Waals surface area contributed by atoms with Crippen LogP contribution in [-0.2, 0) is 83.0 Å². The zero-order valence-corrected chi connectivity index (χ0v) is 79.3. The molecule has 10 aromatic heterocycles. The third-order valence-electron chi connectivity index (χ3n) is 19.3. The molecule has 1 aliphatic heterocycles. The number of hydrogen-bond acceptors (Lipinski definition) is 12. The Kier molecular flexibility index (Phi) is 31.0. The van der Waals surface area contributed by atoms with Crippen LogP contribution in [0.1, 0.15) is 38.8 Å². The Balaban J connectivity index is 0.000000154. The van der Waals surface area contributed by atoms with Gasteiger partial charge in [0.15, 0.2) is 9.84 Å². The largest absolute Gasteiger partial charge is 0.483 e. The molecule has 0 N–H and O–H groups in total. The van der Waals surface area contributed by atoms with E-state index >= 15 is 0 Å². The van der Waals surface area contributed by atoms with E-state index < -0.39 is 34.1 Å². The average molecular weight is 2150 g/mol. The normalized spacial score (nSPS) is 11.8. The SMILES string of the molecule is CC(C)Cc1cc(-c2[c-]cc3c(c2)-c2ccccc2S3(=O)=O)ncc1[Si](C)(C)C.CC(C)Cc1cc(-c2[c-]nc3oc4ccccc4c3c2)ncc1[Si](C)(C)C.C[Si](C)(C)c1ccc(-c2[c-]nc3oc4ccccc4c3c2)nc1.[Ir].[Ir].[Ir].[c-]1ccccc1-c1ccccn1.[c-]1ccccc1-c1ccccn1.[c-]1ccccc1-c1ccccn1. The molecule has 0 saturated heterocycles. The number of para-hydroxylation sites is 2. The quantitative estimate of drug-likeness (QED) is 0.0794. The molecule has 12 nitrogen and oxygen atoms in total. The maximum Gasteiger partial charge on any atom is 0.173 e. The minimum absolute atomic E-state index is 0. The Bertz CT molecular complexity index is 5970. The van der Waals surface area contributed by atoms with E-state index in [1.807, 2.05) is 200 Å². The van der Waals surface area contributed by atoms with Crippen molar-refractivity contribution in [1.29, 1.82) is 0 Å². The van der Waals surface area contributed by atoms with Gasteiger partial charge in [-0.3, -0.25) is 0 Å². The smallest absolute Gasteiger partial charge is 0.173 e. The summed E-state index contributed by atoms with van der Waals surface area (Å²) >= 11 is 0. The van der Waals surface area contributed by atoms with Crippen LogP contribution in [-0.4, -0.2) is 72.5 Å². The van der Waals surface area contributed by atoms with Gasteiger partial charge < -0.3 is 48.7 Å². The Morgan fingerprint density at radius 1 is 0.347 bits per heavy atom. The summed E-state index contributed by atoms with van der Waals surface area (Å²) in [5.74, 6) is 1.17. The Hall–Kier alpha value is -10.1. The van der Waals surface area contributed by atoms with Crippen LogP contribution in [0.15, 0.2) is 305 Å². The number of rotatable bonds is 13. The first-order chi connectivity index (χ1) is 55.3. The summed E-state index contributed by atoms with van der Waals surface area (Å²) in [6.07, 6.45) is 19.7. The molecule has 0 saturated carbocycles. The summed E-state index contributed by atoms with van der Waals surface area (Å²) in [4.78, 5) is 36.3. The van der Waals surface area contributed by atoms with Crippen LogP contribution >= 0.6 is 0 Å². The fraction of sp³-hybridized carbons (Fsp3) is 0.172. The first-order valence-corrected chi connectivity index (χ1v) is 50.7. The third-order valence-corrected chi connectivity index (χ3v) is 27.3. The molecule has 0 atom stereocenters. The number of aromatic nitrogens is 8. The summed E-state index contributed by atoms with van der Waals surface area (Å²) in [5.41, 5.74) is 18.6. The van der Waals surface area contributed by atoms with Crippen LogP contribution in [0.2, 0.25) is 58.9 Å². The van der Waals surface area contributed by atoms with Crippen molar-refractivity contribution in [3.05, 3.63) is 334 Å². The minimum Gasteiger partial charge on any atom is -0.483 e. The maximum absolute atomic E-state index is 12.8. The molecular weight excluding hydrogens is 2060 g/mol. The van der Waals surface area contributed by atoms with Gasteiger partial charge >= 0.3 is 0 Å². The van der Waals surface area contributed by atoms with Crippen LogP contribution in [0.3, 0.4) is 0 Å². The van der Waals surface area contributed by atoms with Gasteiger partial charge in [-0.05, 0) is 144 Å². The van der Waals surface area contributed by atoms with Crippen molar-refractivity contribution >= 4 is 93.8 Å². The zero-order chi connectivity index (χ0) is 80.9. The molecule has 0 fully saturated rings. The molecule has 11 heterocycles. The average Bonchev–Trinajstić information content (AvgIpc) is 1.58. The van der Waals surface area contributed by atoms with Gasteiger partial charge in [0.1, 0.15) is 22.6 Å². The number of benzene rings is 7. The van der Waals surface area contributed by atoms with Gasteiger partial charge in [0.2, 0.25) is 0 Å². The van der Waals surface area contributed by atoms with Crippen LogP contribution < -0.4 is 15.6 Å². The predicted molar refractivity (Wildman–Crippen MR) is 478 cm³/mol. The third kappa shape index (κ3) is 22.4. The maximum atomic E-state index is 12.8. The van der Waals surface area contributed by atoms with E-state index in [1.54, 1.807) is 36.8 Å². The second kappa shape index (κ2) is 40.6. The number of furan rings is 2. The molecule has 7 aromatic carbocycles. The van der Waals surface area contributed by atoms with E-state index in [9.17, 15) is 8.42 Å². The molecule has 0 bridgehead atoms. The monoisotopic (exact) mass is 2150 g/mol. The van der Waals surface area contributed by atoms with E-state index in [4.69, 9.17) is 18.8 Å². The zero-order valence-electron chi connectivity index (χ0n) is 68.3. The van der Waals surface area contributed by atoms with Crippen LogP contribution in [0.5, 0.6) is 0 Å². The van der Waals surface area contributed by atoms with Crippen LogP contribution in [0.4, 0.5) is 0 Å². The van der Waals surface area contributed by atoms with Crippen molar-refractivity contribution in [2.45, 2.75) is 109 Å². The van der Waals surface area contributed by atoms with Gasteiger partial charge in [0.05, 0.1) is 29.1 Å². The predicted octanol–water partition coefficient (Wildman–Crippen LogP) is 22.7. The van der Waals surface area contributed by atoms with Crippen molar-refractivity contribution in [2.24, 2.45) is 11.8 Å². The van der Waals surface area contributed by atoms with E-state index in [0.29, 0.717) is 33.1 Å². The van der Waals surface area contributed by atoms with Gasteiger partial charge in [-0.1, -0.05) is 219 Å². The molecule has 118 heavy (non-hydrogen) atoms. The van der Waals surface area contributed by atoms with Crippen molar-refractivity contribution in [3.8, 4) is 78.7 Å². The number of nitrogens with zero attached hydrogens (tertiary/aromatic N) is 8. The fourth-order valence-electron chi connectivity index (χ4n) is 13.6. The van der Waals surface area contributed by atoms with Crippen LogP contribution in [0.25, 0.3) is 123 Å². The molecule has 0 aliphatic carbocycles. The van der Waals surface area contributed by atoms with Crippen molar-refractivity contribution in [3.63, 3.8) is 0 Å². The Morgan fingerprint density at radius 3 is 1.14 bits per heavy atom. The van der Waals surface area contributed by atoms with Crippen molar-refractivity contribution in [1.82, 2.24) is 39.9 Å². The van der Waals surface area contributed by atoms with Crippen molar-refractivity contribution in [2.75, 3.05) is 0 Å². The van der Waals surface area contributed by atoms with Gasteiger partial charge in [-0.15, -0.1) is 155 Å². The Morgan fingerprint density at radius 2 is 0.746 bits per heavy atom. The van der Waals surface area contributed by atoms with Crippen LogP contribution in [0, 0.1) is 48.5 Å². The first-order valence-electron chi connectivity index (χ1n) is 38.7. The van der Waals surface area contributed by atoms with E-state index in [0.717, 1.165) is 124 Å². The van der Waals surface area contributed by atoms with Crippen molar-refractivity contribution < 1.29 is 77.6 Å². The number of hydrogen-bond donors (Lipinski definition) is 0. The standard InChI is InChI=1S/C24H26NO2SSi.C23H25N2OSi.C19H17N2OSi.3C11H8N.3Ir/c1-16(2)12-18-14-21(25-15-24(18)29(3,4)5)17-10-11-23-20(13-17)19-8-6-7-9-22(19)28(23,26)27;1-15(2)10-16-12-20(24-14-22(16)27(3,4)5)17-11-19-18-8-6-7-9-21(18)26-23(19)25-13-17;1-23(2,3)14-8-9-17(20-12-14)13-10-16-15-6-4-5-7-18(15)22-19(16)21-11-13;3*1-2-6-10(7-3-1)11-8-4-5-9-12-11;;;/h6-9,11,13-16H,12H2,1-5H3;6-9,11-12,14-15H,10H2,1-5H3;4-10,12H,1-3H3;3*1-6,8-9H;;;/q6*-1;;;. The van der Waals surface area contributed by atoms with E-state index in [2.05, 4.69) is 202 Å². The molecule has 3 radical (unpaired) electrons. The second-order valence-electron chi connectivity index (χ2n) is 32.1. The summed E-state index contributed by atoms with van der Waals surface area (Å²) in [6, 6.07) is 93.2. The van der Waals surface area contributed by atoms with E-state index in [1.165, 1.54) is 26.7 Å². The number of fused-ring (bicyclic) bond motifs is 9. The molecule has 0 unspecified atom stereocenters.